The van der Waals surface area contributed by atoms with Gasteiger partial charge in [0.05, 0.1) is 13.2 Å². The van der Waals surface area contributed by atoms with Gasteiger partial charge < -0.3 is 25.6 Å². The summed E-state index contributed by atoms with van der Waals surface area (Å²) in [6.45, 7) is 5.31. The van der Waals surface area contributed by atoms with Crippen LogP contribution < -0.4 is 16.0 Å². The van der Waals surface area contributed by atoms with E-state index < -0.39 is 0 Å². The molecule has 1 aromatic rings. The highest BCUT2D eigenvalue weighted by Gasteiger charge is 2.21. The van der Waals surface area contributed by atoms with Crippen molar-refractivity contribution in [2.45, 2.75) is 12.5 Å². The van der Waals surface area contributed by atoms with Gasteiger partial charge in [-0.05, 0) is 42.9 Å². The Morgan fingerprint density at radius 3 is 2.52 bits per heavy atom. The first-order chi connectivity index (χ1) is 10.2. The second-order valence-electron chi connectivity index (χ2n) is 5.57. The predicted molar refractivity (Wildman–Crippen MR) is 89.9 cm³/mol. The highest BCUT2D eigenvalue weighted by molar-refractivity contribution is 7.80. The van der Waals surface area contributed by atoms with Crippen molar-refractivity contribution in [3.8, 4) is 0 Å². The van der Waals surface area contributed by atoms with E-state index in [1.165, 1.54) is 5.69 Å². The van der Waals surface area contributed by atoms with Crippen LogP contribution in [0.2, 0.25) is 0 Å². The molecule has 0 aromatic heterocycles. The van der Waals surface area contributed by atoms with Gasteiger partial charge in [-0.15, -0.1) is 0 Å². The molecule has 0 radical (unpaired) electrons. The molecule has 1 atom stereocenters. The van der Waals surface area contributed by atoms with E-state index in [0.29, 0.717) is 0 Å². The van der Waals surface area contributed by atoms with Crippen molar-refractivity contribution in [1.29, 1.82) is 0 Å². The fraction of sp³-hybridized carbons (Fsp3) is 0.533. The zero-order valence-corrected chi connectivity index (χ0v) is 12.9. The molecule has 2 aliphatic rings. The molecule has 114 valence electrons. The molecule has 3 rings (SSSR count). The molecule has 1 aromatic carbocycles. The van der Waals surface area contributed by atoms with E-state index in [4.69, 9.17) is 22.7 Å². The smallest absolute Gasteiger partial charge is 0.173 e. The van der Waals surface area contributed by atoms with Crippen molar-refractivity contribution in [1.82, 2.24) is 4.90 Å². The molecule has 21 heavy (non-hydrogen) atoms. The molecule has 0 spiro atoms. The molecule has 0 amide bonds. The first kappa shape index (κ1) is 14.6. The normalized spacial score (nSPS) is 22.4. The second-order valence-corrected chi connectivity index (χ2v) is 5.96. The van der Waals surface area contributed by atoms with E-state index in [1.54, 1.807) is 0 Å². The van der Waals surface area contributed by atoms with E-state index >= 15 is 0 Å². The van der Waals surface area contributed by atoms with Crippen LogP contribution in [0.15, 0.2) is 24.3 Å². The molecular formula is C15H22N4OS. The Hall–Kier alpha value is -1.37. The number of nitrogens with one attached hydrogen (secondary N) is 1. The number of morpholine rings is 1. The molecule has 2 aliphatic heterocycles. The van der Waals surface area contributed by atoms with Crippen LogP contribution in [0.1, 0.15) is 6.42 Å². The Bertz CT molecular complexity index is 487. The van der Waals surface area contributed by atoms with E-state index in [-0.39, 0.29) is 6.04 Å². The fourth-order valence-electron chi connectivity index (χ4n) is 2.75. The molecule has 3 N–H and O–H groups in total. The maximum Gasteiger partial charge on any atom is 0.173 e. The van der Waals surface area contributed by atoms with Crippen LogP contribution in [0.3, 0.4) is 0 Å². The lowest BCUT2D eigenvalue weighted by molar-refractivity contribution is 0.122. The minimum atomic E-state index is 0.244. The summed E-state index contributed by atoms with van der Waals surface area (Å²) in [5, 5.41) is 4.06. The molecule has 2 heterocycles. The predicted octanol–water partition coefficient (Wildman–Crippen LogP) is 1.25. The van der Waals surface area contributed by atoms with Crippen molar-refractivity contribution in [3.63, 3.8) is 0 Å². The maximum atomic E-state index is 5.91. The lowest BCUT2D eigenvalue weighted by Crippen LogP contribution is -2.36. The quantitative estimate of drug-likeness (QED) is 0.802. The molecule has 0 aliphatic carbocycles. The number of thiocarbonyl (C=S) groups is 1. The van der Waals surface area contributed by atoms with Crippen molar-refractivity contribution < 1.29 is 4.74 Å². The summed E-state index contributed by atoms with van der Waals surface area (Å²) >= 11 is 5.44. The second kappa shape index (κ2) is 6.60. The van der Waals surface area contributed by atoms with Crippen molar-refractivity contribution in [2.75, 3.05) is 49.6 Å². The summed E-state index contributed by atoms with van der Waals surface area (Å²) in [5.74, 6) is 0. The van der Waals surface area contributed by atoms with Crippen LogP contribution >= 0.6 is 12.2 Å². The summed E-state index contributed by atoms with van der Waals surface area (Å²) in [7, 11) is 0. The SMILES string of the molecule is N[C@@H]1CCN(C(=S)Nc2ccc(N3CCOCC3)cc2)C1. The average molecular weight is 306 g/mol. The van der Waals surface area contributed by atoms with Gasteiger partial charge in [0, 0.05) is 43.6 Å². The highest BCUT2D eigenvalue weighted by atomic mass is 32.1. The van der Waals surface area contributed by atoms with Crippen molar-refractivity contribution in [3.05, 3.63) is 24.3 Å². The van der Waals surface area contributed by atoms with Crippen molar-refractivity contribution >= 4 is 28.7 Å². The minimum Gasteiger partial charge on any atom is -0.378 e. The molecule has 2 saturated heterocycles. The van der Waals surface area contributed by atoms with E-state index in [9.17, 15) is 0 Å². The summed E-state index contributed by atoms with van der Waals surface area (Å²) in [6.07, 6.45) is 1.01. The minimum absolute atomic E-state index is 0.244. The average Bonchev–Trinajstić information content (AvgIpc) is 2.96. The first-order valence-electron chi connectivity index (χ1n) is 7.46. The molecule has 2 fully saturated rings. The zero-order valence-electron chi connectivity index (χ0n) is 12.1. The van der Waals surface area contributed by atoms with Crippen LogP contribution in [-0.2, 0) is 4.74 Å². The Labute approximate surface area is 131 Å². The summed E-state index contributed by atoms with van der Waals surface area (Å²) in [6, 6.07) is 8.66. The van der Waals surface area contributed by atoms with E-state index in [2.05, 4.69) is 39.4 Å². The van der Waals surface area contributed by atoms with Gasteiger partial charge in [0.2, 0.25) is 0 Å². The lowest BCUT2D eigenvalue weighted by atomic mass is 10.2. The fourth-order valence-corrected chi connectivity index (χ4v) is 3.04. The van der Waals surface area contributed by atoms with Gasteiger partial charge in [-0.3, -0.25) is 0 Å². The number of nitrogens with two attached hydrogens (primary N) is 1. The summed E-state index contributed by atoms with van der Waals surface area (Å²) in [4.78, 5) is 4.47. The molecule has 0 bridgehead atoms. The summed E-state index contributed by atoms with van der Waals surface area (Å²) in [5.41, 5.74) is 8.17. The third-order valence-corrected chi connectivity index (χ3v) is 4.37. The molecule has 6 heteroatoms. The summed E-state index contributed by atoms with van der Waals surface area (Å²) < 4.78 is 5.38. The van der Waals surface area contributed by atoms with Gasteiger partial charge in [-0.25, -0.2) is 0 Å². The number of benzene rings is 1. The number of hydrogen-bond donors (Lipinski definition) is 2. The van der Waals surface area contributed by atoms with Gasteiger partial charge in [0.1, 0.15) is 0 Å². The van der Waals surface area contributed by atoms with Gasteiger partial charge in [-0.2, -0.15) is 0 Å². The molecule has 0 unspecified atom stereocenters. The number of rotatable bonds is 2. The maximum absolute atomic E-state index is 5.91. The zero-order chi connectivity index (χ0) is 14.7. The third-order valence-electron chi connectivity index (χ3n) is 4.01. The molecular weight excluding hydrogens is 284 g/mol. The highest BCUT2D eigenvalue weighted by Crippen LogP contribution is 2.19. The van der Waals surface area contributed by atoms with E-state index in [0.717, 1.165) is 56.6 Å². The van der Waals surface area contributed by atoms with Crippen LogP contribution in [-0.4, -0.2) is 55.4 Å². The van der Waals surface area contributed by atoms with Gasteiger partial charge in [0.25, 0.3) is 0 Å². The Morgan fingerprint density at radius 1 is 1.19 bits per heavy atom. The monoisotopic (exact) mass is 306 g/mol. The number of hydrogen-bond acceptors (Lipinski definition) is 4. The molecule has 5 nitrogen and oxygen atoms in total. The number of likely N-dealkylation sites (tertiary alicyclic amines) is 1. The van der Waals surface area contributed by atoms with Gasteiger partial charge >= 0.3 is 0 Å². The Morgan fingerprint density at radius 2 is 1.90 bits per heavy atom. The topological polar surface area (TPSA) is 53.8 Å². The van der Waals surface area contributed by atoms with E-state index in [1.807, 2.05) is 0 Å². The first-order valence-corrected chi connectivity index (χ1v) is 7.87. The number of ether oxygens (including phenoxy) is 1. The Balaban J connectivity index is 1.57. The van der Waals surface area contributed by atoms with Crippen molar-refractivity contribution in [2.24, 2.45) is 5.73 Å². The standard InChI is InChI=1S/C15H22N4OS/c16-12-5-6-19(11-12)15(21)17-13-1-3-14(4-2-13)18-7-9-20-10-8-18/h1-4,12H,5-11,16H2,(H,17,21)/t12-/m1/s1. The Kier molecular flexibility index (Phi) is 4.57. The largest absolute Gasteiger partial charge is 0.378 e. The lowest BCUT2D eigenvalue weighted by Gasteiger charge is -2.29. The van der Waals surface area contributed by atoms with Crippen LogP contribution in [0.4, 0.5) is 11.4 Å². The third kappa shape index (κ3) is 3.64. The molecule has 0 saturated carbocycles. The number of nitrogens with zero attached hydrogens (tertiary/aromatic N) is 2. The van der Waals surface area contributed by atoms with Gasteiger partial charge in [-0.1, -0.05) is 0 Å². The van der Waals surface area contributed by atoms with Crippen LogP contribution in [0.25, 0.3) is 0 Å². The van der Waals surface area contributed by atoms with Crippen LogP contribution in [0.5, 0.6) is 0 Å². The van der Waals surface area contributed by atoms with Gasteiger partial charge in [0.15, 0.2) is 5.11 Å². The van der Waals surface area contributed by atoms with Crippen LogP contribution in [0, 0.1) is 0 Å². The number of anilines is 2.